The van der Waals surface area contributed by atoms with Crippen LogP contribution in [0, 0.1) is 25.2 Å². The summed E-state index contributed by atoms with van der Waals surface area (Å²) in [6, 6.07) is 6.13. The van der Waals surface area contributed by atoms with Crippen molar-refractivity contribution < 1.29 is 4.74 Å². The maximum absolute atomic E-state index is 9.34. The zero-order chi connectivity index (χ0) is 19.8. The molecule has 0 amide bonds. The molecule has 0 spiro atoms. The van der Waals surface area contributed by atoms with Gasteiger partial charge in [-0.05, 0) is 62.8 Å². The van der Waals surface area contributed by atoms with Gasteiger partial charge >= 0.3 is 0 Å². The minimum atomic E-state index is 0.427. The number of nitrogens with zero attached hydrogens (tertiary/aromatic N) is 4. The van der Waals surface area contributed by atoms with Crippen LogP contribution in [0.2, 0.25) is 0 Å². The molecule has 2 saturated carbocycles. The second kappa shape index (κ2) is 7.16. The number of ether oxygens (including phenoxy) is 1. The first-order chi connectivity index (χ1) is 13.6. The van der Waals surface area contributed by atoms with Gasteiger partial charge in [0.05, 0.1) is 23.0 Å². The number of aryl methyl sites for hydroxylation is 2. The zero-order valence-corrected chi connectivity index (χ0v) is 16.6. The van der Waals surface area contributed by atoms with Crippen LogP contribution in [0.5, 0.6) is 11.5 Å². The Morgan fingerprint density at radius 2 is 1.89 bits per heavy atom. The summed E-state index contributed by atoms with van der Waals surface area (Å²) < 4.78 is 8.37. The summed E-state index contributed by atoms with van der Waals surface area (Å²) in [5.74, 6) is 2.47. The summed E-state index contributed by atoms with van der Waals surface area (Å²) in [5.41, 5.74) is 11.3. The van der Waals surface area contributed by atoms with Crippen molar-refractivity contribution in [1.82, 2.24) is 9.78 Å². The van der Waals surface area contributed by atoms with E-state index in [1.807, 2.05) is 30.7 Å². The van der Waals surface area contributed by atoms with Gasteiger partial charge in [0.2, 0.25) is 0 Å². The van der Waals surface area contributed by atoms with Crippen LogP contribution >= 0.6 is 0 Å². The monoisotopic (exact) mass is 375 g/mol. The first kappa shape index (κ1) is 18.3. The Morgan fingerprint density at radius 3 is 2.39 bits per heavy atom. The number of benzene rings is 1. The fraction of sp³-hybridized carbons (Fsp3) is 0.409. The van der Waals surface area contributed by atoms with Crippen molar-refractivity contribution in [2.24, 2.45) is 10.7 Å². The Morgan fingerprint density at radius 1 is 1.25 bits per heavy atom. The lowest BCUT2D eigenvalue weighted by Gasteiger charge is -2.12. The summed E-state index contributed by atoms with van der Waals surface area (Å²) in [4.78, 5) is 4.12. The first-order valence-electron chi connectivity index (χ1n) is 9.73. The Hall–Kier alpha value is -3.07. The SMILES string of the molecule is CN=CC(=CN)n1nc(C2CC2)c(Oc2cc(C)c(C#N)c(C)c2)c1C1CC1. The molecule has 4 rings (SSSR count). The van der Waals surface area contributed by atoms with Crippen molar-refractivity contribution in [3.8, 4) is 17.6 Å². The number of nitriles is 1. The quantitative estimate of drug-likeness (QED) is 0.759. The smallest absolute Gasteiger partial charge is 0.172 e. The highest BCUT2D eigenvalue weighted by atomic mass is 16.5. The molecule has 0 saturated heterocycles. The van der Waals surface area contributed by atoms with E-state index in [0.29, 0.717) is 17.4 Å². The molecule has 2 fully saturated rings. The summed E-state index contributed by atoms with van der Waals surface area (Å²) in [5, 5.41) is 14.2. The van der Waals surface area contributed by atoms with Gasteiger partial charge < -0.3 is 10.5 Å². The second-order valence-electron chi connectivity index (χ2n) is 7.68. The molecule has 0 bridgehead atoms. The Labute approximate surface area is 165 Å². The molecule has 2 aromatic rings. The lowest BCUT2D eigenvalue weighted by molar-refractivity contribution is 0.469. The predicted octanol–water partition coefficient (Wildman–Crippen LogP) is 4.38. The van der Waals surface area contributed by atoms with E-state index < -0.39 is 0 Å². The largest absolute Gasteiger partial charge is 0.453 e. The number of rotatable bonds is 6. The van der Waals surface area contributed by atoms with Gasteiger partial charge in [-0.15, -0.1) is 0 Å². The highest BCUT2D eigenvalue weighted by Crippen LogP contribution is 2.52. The molecule has 0 aliphatic heterocycles. The highest BCUT2D eigenvalue weighted by Gasteiger charge is 2.39. The van der Waals surface area contributed by atoms with Crippen molar-refractivity contribution in [2.75, 3.05) is 7.05 Å². The molecule has 1 aromatic carbocycles. The third-order valence-electron chi connectivity index (χ3n) is 5.34. The fourth-order valence-electron chi connectivity index (χ4n) is 3.65. The molecule has 6 nitrogen and oxygen atoms in total. The third kappa shape index (κ3) is 3.29. The lowest BCUT2D eigenvalue weighted by atomic mass is 10.0. The minimum Gasteiger partial charge on any atom is -0.453 e. The Balaban J connectivity index is 1.82. The van der Waals surface area contributed by atoms with Gasteiger partial charge in [0.1, 0.15) is 11.4 Å². The van der Waals surface area contributed by atoms with E-state index in [2.05, 4.69) is 11.1 Å². The van der Waals surface area contributed by atoms with Gasteiger partial charge in [-0.25, -0.2) is 4.68 Å². The molecular formula is C22H25N5O. The van der Waals surface area contributed by atoms with Crippen molar-refractivity contribution in [1.29, 1.82) is 5.26 Å². The normalized spacial score (nSPS) is 17.1. The van der Waals surface area contributed by atoms with E-state index in [-0.39, 0.29) is 0 Å². The molecule has 2 N–H and O–H groups in total. The maximum Gasteiger partial charge on any atom is 0.172 e. The van der Waals surface area contributed by atoms with Crippen molar-refractivity contribution in [3.05, 3.63) is 46.4 Å². The van der Waals surface area contributed by atoms with Gasteiger partial charge in [0.15, 0.2) is 5.75 Å². The van der Waals surface area contributed by atoms with Gasteiger partial charge in [-0.3, -0.25) is 4.99 Å². The zero-order valence-electron chi connectivity index (χ0n) is 16.6. The molecule has 2 aliphatic rings. The minimum absolute atomic E-state index is 0.427. The maximum atomic E-state index is 9.34. The second-order valence-corrected chi connectivity index (χ2v) is 7.68. The van der Waals surface area contributed by atoms with Crippen LogP contribution in [0.3, 0.4) is 0 Å². The number of aromatic nitrogens is 2. The molecular weight excluding hydrogens is 350 g/mol. The van der Waals surface area contributed by atoms with E-state index in [9.17, 15) is 5.26 Å². The van der Waals surface area contributed by atoms with Crippen molar-refractivity contribution >= 4 is 11.9 Å². The summed E-state index contributed by atoms with van der Waals surface area (Å²) in [7, 11) is 1.73. The molecule has 28 heavy (non-hydrogen) atoms. The van der Waals surface area contributed by atoms with Gasteiger partial charge in [-0.2, -0.15) is 10.4 Å². The van der Waals surface area contributed by atoms with Gasteiger partial charge in [-0.1, -0.05) is 0 Å². The van der Waals surface area contributed by atoms with Crippen LogP contribution in [0.15, 0.2) is 23.3 Å². The van der Waals surface area contributed by atoms with E-state index >= 15 is 0 Å². The number of aliphatic imine (C=N–C) groups is 1. The molecule has 0 atom stereocenters. The molecule has 0 radical (unpaired) electrons. The highest BCUT2D eigenvalue weighted by molar-refractivity contribution is 6.02. The van der Waals surface area contributed by atoms with E-state index in [0.717, 1.165) is 65.4 Å². The molecule has 1 aromatic heterocycles. The van der Waals surface area contributed by atoms with E-state index in [4.69, 9.17) is 15.6 Å². The fourth-order valence-corrected chi connectivity index (χ4v) is 3.65. The van der Waals surface area contributed by atoms with Gasteiger partial charge in [0.25, 0.3) is 0 Å². The van der Waals surface area contributed by atoms with Crippen molar-refractivity contribution in [2.45, 2.75) is 51.4 Å². The number of hydrogen-bond acceptors (Lipinski definition) is 5. The Bertz CT molecular complexity index is 993. The summed E-state index contributed by atoms with van der Waals surface area (Å²) in [6.07, 6.45) is 7.79. The summed E-state index contributed by atoms with van der Waals surface area (Å²) >= 11 is 0. The first-order valence-corrected chi connectivity index (χ1v) is 9.73. The molecule has 144 valence electrons. The lowest BCUT2D eigenvalue weighted by Crippen LogP contribution is -2.07. The van der Waals surface area contributed by atoms with Crippen molar-refractivity contribution in [3.63, 3.8) is 0 Å². The molecule has 2 aliphatic carbocycles. The van der Waals surface area contributed by atoms with Crippen LogP contribution in [0.25, 0.3) is 5.70 Å². The van der Waals surface area contributed by atoms with Crippen LogP contribution in [-0.2, 0) is 0 Å². The topological polar surface area (TPSA) is 89.2 Å². The predicted molar refractivity (Wildman–Crippen MR) is 110 cm³/mol. The molecule has 0 unspecified atom stereocenters. The van der Waals surface area contributed by atoms with Gasteiger partial charge in [0, 0.05) is 31.3 Å². The van der Waals surface area contributed by atoms with E-state index in [1.165, 1.54) is 0 Å². The molecule has 6 heteroatoms. The molecule has 1 heterocycles. The average molecular weight is 375 g/mol. The average Bonchev–Trinajstić information content (AvgIpc) is 3.58. The van der Waals surface area contributed by atoms with Crippen LogP contribution < -0.4 is 10.5 Å². The summed E-state index contributed by atoms with van der Waals surface area (Å²) in [6.45, 7) is 3.89. The van der Waals surface area contributed by atoms with Crippen LogP contribution in [-0.4, -0.2) is 23.0 Å². The number of nitrogens with two attached hydrogens (primary N) is 1. The number of allylic oxidation sites excluding steroid dienone is 1. The van der Waals surface area contributed by atoms with Crippen LogP contribution in [0.4, 0.5) is 0 Å². The number of hydrogen-bond donors (Lipinski definition) is 1. The third-order valence-corrected chi connectivity index (χ3v) is 5.34. The Kier molecular flexibility index (Phi) is 4.68. The van der Waals surface area contributed by atoms with E-state index in [1.54, 1.807) is 19.5 Å². The van der Waals surface area contributed by atoms with Crippen LogP contribution in [0.1, 0.15) is 65.6 Å². The standard InChI is InChI=1S/C22H25N5O/c1-13-8-18(9-14(2)19(13)11-24)28-22-20(15-4-5-15)26-27(17(10-23)12-25-3)21(22)16-6-7-16/h8-10,12,15-16H,4-7,23H2,1-3H3.